The first-order valence-electron chi connectivity index (χ1n) is 12.8. The number of hydrogen-bond donors (Lipinski definition) is 3. The summed E-state index contributed by atoms with van der Waals surface area (Å²) >= 11 is 6.25. The highest BCUT2D eigenvalue weighted by Crippen LogP contribution is 2.53. The summed E-state index contributed by atoms with van der Waals surface area (Å²) in [6, 6.07) is 4.78. The van der Waals surface area contributed by atoms with Crippen molar-refractivity contribution in [2.24, 2.45) is 11.8 Å². The van der Waals surface area contributed by atoms with Crippen molar-refractivity contribution in [2.75, 3.05) is 11.9 Å². The van der Waals surface area contributed by atoms with Crippen LogP contribution in [0.4, 0.5) is 18.9 Å². The highest BCUT2D eigenvalue weighted by molar-refractivity contribution is 7.92. The van der Waals surface area contributed by atoms with Crippen LogP contribution in [0, 0.1) is 29.3 Å². The third-order valence-corrected chi connectivity index (χ3v) is 10.5. The van der Waals surface area contributed by atoms with Crippen LogP contribution in [-0.4, -0.2) is 42.7 Å². The zero-order chi connectivity index (χ0) is 29.4. The molecule has 2 saturated carbocycles. The number of aliphatic hydroxyl groups is 1. The minimum absolute atomic E-state index is 0.109. The highest BCUT2D eigenvalue weighted by Gasteiger charge is 2.56. The number of nitrogens with one attached hydrogen (secondary N) is 2. The Hall–Kier alpha value is -2.89. The molecule has 7 nitrogen and oxygen atoms in total. The van der Waals surface area contributed by atoms with Crippen LogP contribution in [0.25, 0.3) is 0 Å². The van der Waals surface area contributed by atoms with E-state index in [9.17, 15) is 36.3 Å². The molecule has 0 saturated heterocycles. The standard InChI is InChI=1S/C28H30ClF3N2O5S/c1-15(2)7-8-33-25(35)14-28(37)17-4-5-18(28)11-20(10-17)40(38,39)24-9-16(3-6-21(24)29)27(36)34-19-12-22(30)26(32)23(31)13-19/h3,6-7,9,12-13,17-18,20,37H,4-5,8,10-11,14H2,1-2H3,(H,33,35)(H,34,36)/t17?,18?,20-,28-. The smallest absolute Gasteiger partial charge is 0.255 e. The maximum atomic E-state index is 13.7. The Bertz CT molecular complexity index is 1440. The fourth-order valence-corrected chi connectivity index (χ4v) is 8.12. The van der Waals surface area contributed by atoms with E-state index in [0.717, 1.165) is 11.6 Å². The lowest BCUT2D eigenvalue weighted by Crippen LogP contribution is -2.50. The molecule has 2 aromatic rings. The van der Waals surface area contributed by atoms with Gasteiger partial charge in [0.25, 0.3) is 5.91 Å². The largest absolute Gasteiger partial charge is 0.389 e. The molecule has 0 heterocycles. The van der Waals surface area contributed by atoms with E-state index in [1.807, 2.05) is 19.9 Å². The van der Waals surface area contributed by atoms with Crippen LogP contribution < -0.4 is 10.6 Å². The molecule has 0 aliphatic heterocycles. The minimum Gasteiger partial charge on any atom is -0.389 e. The van der Waals surface area contributed by atoms with Crippen molar-refractivity contribution >= 4 is 38.9 Å². The summed E-state index contributed by atoms with van der Waals surface area (Å²) in [7, 11) is -4.07. The van der Waals surface area contributed by atoms with Crippen LogP contribution in [0.3, 0.4) is 0 Å². The number of rotatable bonds is 8. The van der Waals surface area contributed by atoms with Crippen molar-refractivity contribution < 1.29 is 36.3 Å². The van der Waals surface area contributed by atoms with Crippen molar-refractivity contribution in [1.29, 1.82) is 0 Å². The van der Waals surface area contributed by atoms with Gasteiger partial charge >= 0.3 is 0 Å². The molecule has 0 radical (unpaired) electrons. The quantitative estimate of drug-likeness (QED) is 0.286. The van der Waals surface area contributed by atoms with Crippen molar-refractivity contribution in [3.05, 3.63) is 70.0 Å². The summed E-state index contributed by atoms with van der Waals surface area (Å²) in [6.07, 6.45) is 3.14. The van der Waals surface area contributed by atoms with Gasteiger partial charge in [0.1, 0.15) is 0 Å². The van der Waals surface area contributed by atoms with Gasteiger partial charge in [-0.1, -0.05) is 23.3 Å². The average Bonchev–Trinajstić information content (AvgIpc) is 3.03. The number of amides is 2. The molecule has 216 valence electrons. The summed E-state index contributed by atoms with van der Waals surface area (Å²) < 4.78 is 67.7. The fraction of sp³-hybridized carbons (Fsp3) is 0.429. The molecule has 0 spiro atoms. The van der Waals surface area contributed by atoms with Gasteiger partial charge < -0.3 is 15.7 Å². The molecule has 2 unspecified atom stereocenters. The van der Waals surface area contributed by atoms with Crippen LogP contribution in [0.15, 0.2) is 46.9 Å². The Morgan fingerprint density at radius 2 is 1.68 bits per heavy atom. The van der Waals surface area contributed by atoms with E-state index >= 15 is 0 Å². The Morgan fingerprint density at radius 1 is 1.07 bits per heavy atom. The molecule has 40 heavy (non-hydrogen) atoms. The third-order valence-electron chi connectivity index (χ3n) is 7.81. The predicted octanol–water partition coefficient (Wildman–Crippen LogP) is 5.18. The summed E-state index contributed by atoms with van der Waals surface area (Å²) in [5.41, 5.74) is -0.764. The number of anilines is 1. The van der Waals surface area contributed by atoms with Crippen molar-refractivity contribution in [3.63, 3.8) is 0 Å². The van der Waals surface area contributed by atoms with Crippen LogP contribution in [-0.2, 0) is 14.6 Å². The third kappa shape index (κ3) is 6.06. The molecule has 2 bridgehead atoms. The predicted molar refractivity (Wildman–Crippen MR) is 144 cm³/mol. The number of carbonyl (C=O) groups excluding carboxylic acids is 2. The molecular formula is C28H30ClF3N2O5S. The molecule has 3 N–H and O–H groups in total. The van der Waals surface area contributed by atoms with Gasteiger partial charge in [0.2, 0.25) is 5.91 Å². The van der Waals surface area contributed by atoms with Crippen LogP contribution in [0.5, 0.6) is 0 Å². The van der Waals surface area contributed by atoms with E-state index in [-0.39, 0.29) is 46.3 Å². The molecular weight excluding hydrogens is 569 g/mol. The topological polar surface area (TPSA) is 113 Å². The summed E-state index contributed by atoms with van der Waals surface area (Å²) in [5, 5.41) is 15.4. The van der Waals surface area contributed by atoms with Gasteiger partial charge in [-0.3, -0.25) is 9.59 Å². The Kier molecular flexibility index (Phi) is 8.68. The maximum Gasteiger partial charge on any atom is 0.255 e. The van der Waals surface area contributed by atoms with Gasteiger partial charge in [0.05, 0.1) is 27.2 Å². The first kappa shape index (κ1) is 30.1. The lowest BCUT2D eigenvalue weighted by Gasteiger charge is -2.42. The molecule has 2 aliphatic rings. The van der Waals surface area contributed by atoms with Crippen LogP contribution in [0.1, 0.15) is 56.3 Å². The lowest BCUT2D eigenvalue weighted by molar-refractivity contribution is -0.132. The first-order chi connectivity index (χ1) is 18.7. The lowest BCUT2D eigenvalue weighted by atomic mass is 9.72. The van der Waals surface area contributed by atoms with Crippen LogP contribution in [0.2, 0.25) is 5.02 Å². The van der Waals surface area contributed by atoms with Gasteiger partial charge in [0, 0.05) is 29.9 Å². The normalized spacial score (nSPS) is 23.9. The monoisotopic (exact) mass is 598 g/mol. The number of benzene rings is 2. The zero-order valence-electron chi connectivity index (χ0n) is 21.9. The summed E-state index contributed by atoms with van der Waals surface area (Å²) in [6.45, 7) is 4.16. The molecule has 4 rings (SSSR count). The van der Waals surface area contributed by atoms with E-state index in [1.54, 1.807) is 0 Å². The number of allylic oxidation sites excluding steroid dienone is 1. The second-order valence-corrected chi connectivity index (χ2v) is 13.3. The Labute approximate surface area is 235 Å². The van der Waals surface area contributed by atoms with Crippen LogP contribution >= 0.6 is 11.6 Å². The fourth-order valence-electron chi connectivity index (χ4n) is 5.71. The maximum absolute atomic E-state index is 13.7. The number of carbonyl (C=O) groups is 2. The van der Waals surface area contributed by atoms with Gasteiger partial charge in [-0.05, 0) is 69.6 Å². The number of hydrogen-bond acceptors (Lipinski definition) is 5. The number of fused-ring (bicyclic) bond motifs is 2. The van der Waals surface area contributed by atoms with Gasteiger partial charge in [0.15, 0.2) is 27.3 Å². The number of halogens is 4. The van der Waals surface area contributed by atoms with E-state index in [1.165, 1.54) is 12.1 Å². The molecule has 2 aromatic carbocycles. The second kappa shape index (κ2) is 11.5. The first-order valence-corrected chi connectivity index (χ1v) is 14.8. The van der Waals surface area contributed by atoms with Crippen molar-refractivity contribution in [2.45, 2.75) is 61.7 Å². The molecule has 2 fully saturated rings. The highest BCUT2D eigenvalue weighted by atomic mass is 35.5. The van der Waals surface area contributed by atoms with Gasteiger partial charge in [-0.2, -0.15) is 0 Å². The van der Waals surface area contributed by atoms with E-state index in [0.29, 0.717) is 31.5 Å². The molecule has 0 aromatic heterocycles. The second-order valence-electron chi connectivity index (χ2n) is 10.7. The summed E-state index contributed by atoms with van der Waals surface area (Å²) in [4.78, 5) is 25.0. The Morgan fingerprint density at radius 3 is 2.25 bits per heavy atom. The SMILES string of the molecule is CC(C)=CCNC(=O)C[C@]1(O)C2CCC1C[C@@H](S(=O)(=O)c1cc(C(=O)Nc3cc(F)c(F)c(F)c3)ccc1Cl)C2. The van der Waals surface area contributed by atoms with E-state index in [2.05, 4.69) is 10.6 Å². The van der Waals surface area contributed by atoms with E-state index in [4.69, 9.17) is 11.6 Å². The van der Waals surface area contributed by atoms with Gasteiger partial charge in [-0.15, -0.1) is 0 Å². The molecule has 12 heteroatoms. The zero-order valence-corrected chi connectivity index (χ0v) is 23.5. The molecule has 2 atom stereocenters. The minimum atomic E-state index is -4.07. The molecule has 2 amide bonds. The van der Waals surface area contributed by atoms with E-state index < -0.39 is 55.9 Å². The summed E-state index contributed by atoms with van der Waals surface area (Å²) in [5.74, 6) is -6.67. The van der Waals surface area contributed by atoms with Crippen molar-refractivity contribution in [1.82, 2.24) is 5.32 Å². The average molecular weight is 599 g/mol. The van der Waals surface area contributed by atoms with Gasteiger partial charge in [-0.25, -0.2) is 21.6 Å². The Balaban J connectivity index is 1.51. The number of sulfone groups is 1. The van der Waals surface area contributed by atoms with Crippen molar-refractivity contribution in [3.8, 4) is 0 Å². The molecule has 2 aliphatic carbocycles.